The molecule has 1 fully saturated rings. The zero-order valence-electron chi connectivity index (χ0n) is 12.3. The minimum Gasteiger partial charge on any atom is -0.381 e. The first-order chi connectivity index (χ1) is 9.65. The molecule has 0 spiro atoms. The molecule has 2 rings (SSSR count). The number of ether oxygens (including phenoxy) is 1. The number of carbonyl (C=O) groups excluding carboxylic acids is 1. The lowest BCUT2D eigenvalue weighted by Crippen LogP contribution is -2.41. The number of hydrogen-bond acceptors (Lipinski definition) is 3. The molecule has 4 heteroatoms. The van der Waals surface area contributed by atoms with E-state index in [0.29, 0.717) is 18.5 Å². The van der Waals surface area contributed by atoms with Gasteiger partial charge < -0.3 is 15.4 Å². The van der Waals surface area contributed by atoms with Gasteiger partial charge in [-0.3, -0.25) is 4.79 Å². The summed E-state index contributed by atoms with van der Waals surface area (Å²) in [6.07, 6.45) is 2.29. The van der Waals surface area contributed by atoms with Crippen molar-refractivity contribution >= 4 is 11.6 Å². The van der Waals surface area contributed by atoms with Gasteiger partial charge in [-0.25, -0.2) is 0 Å². The molecule has 0 aliphatic carbocycles. The van der Waals surface area contributed by atoms with Crippen LogP contribution in [0.5, 0.6) is 0 Å². The van der Waals surface area contributed by atoms with E-state index in [1.165, 1.54) is 12.0 Å². The predicted octanol–water partition coefficient (Wildman–Crippen LogP) is 2.34. The van der Waals surface area contributed by atoms with Crippen molar-refractivity contribution < 1.29 is 9.53 Å². The van der Waals surface area contributed by atoms with Gasteiger partial charge in [-0.2, -0.15) is 0 Å². The second-order valence-corrected chi connectivity index (χ2v) is 5.56. The number of anilines is 1. The van der Waals surface area contributed by atoms with Crippen molar-refractivity contribution in [1.82, 2.24) is 5.32 Å². The molecule has 4 nitrogen and oxygen atoms in total. The summed E-state index contributed by atoms with van der Waals surface area (Å²) in [6, 6.07) is 8.13. The quantitative estimate of drug-likeness (QED) is 0.868. The highest BCUT2D eigenvalue weighted by Gasteiger charge is 2.20. The van der Waals surface area contributed by atoms with E-state index in [2.05, 4.69) is 17.6 Å². The van der Waals surface area contributed by atoms with Gasteiger partial charge in [0.05, 0.1) is 13.2 Å². The Hall–Kier alpha value is -1.39. The van der Waals surface area contributed by atoms with Crippen LogP contribution in [0.25, 0.3) is 0 Å². The second-order valence-electron chi connectivity index (χ2n) is 5.56. The Morgan fingerprint density at radius 1 is 1.40 bits per heavy atom. The molecule has 1 amide bonds. The van der Waals surface area contributed by atoms with Crippen LogP contribution in [-0.2, 0) is 9.53 Å². The van der Waals surface area contributed by atoms with Crippen molar-refractivity contribution in [2.75, 3.05) is 25.1 Å². The van der Waals surface area contributed by atoms with Crippen LogP contribution in [-0.4, -0.2) is 31.7 Å². The van der Waals surface area contributed by atoms with E-state index in [0.717, 1.165) is 25.3 Å². The monoisotopic (exact) mass is 276 g/mol. The maximum absolute atomic E-state index is 11.9. The summed E-state index contributed by atoms with van der Waals surface area (Å²) in [6.45, 7) is 6.16. The number of benzene rings is 1. The van der Waals surface area contributed by atoms with Crippen LogP contribution in [0.3, 0.4) is 0 Å². The SMILES string of the molecule is Cc1ccc(NC(=O)CN[C@@H](C)[C@@H]2CCCOC2)cc1. The fourth-order valence-electron chi connectivity index (χ4n) is 2.42. The van der Waals surface area contributed by atoms with Crippen LogP contribution >= 0.6 is 0 Å². The highest BCUT2D eigenvalue weighted by atomic mass is 16.5. The Kier molecular flexibility index (Phi) is 5.56. The van der Waals surface area contributed by atoms with Crippen molar-refractivity contribution in [2.24, 2.45) is 5.92 Å². The highest BCUT2D eigenvalue weighted by molar-refractivity contribution is 5.92. The molecule has 1 aromatic rings. The summed E-state index contributed by atoms with van der Waals surface area (Å²) < 4.78 is 5.48. The van der Waals surface area contributed by atoms with Gasteiger partial charge in [0.25, 0.3) is 0 Å². The first-order valence-electron chi connectivity index (χ1n) is 7.33. The molecule has 1 heterocycles. The minimum absolute atomic E-state index is 0.00238. The molecular weight excluding hydrogens is 252 g/mol. The van der Waals surface area contributed by atoms with Gasteiger partial charge in [-0.15, -0.1) is 0 Å². The lowest BCUT2D eigenvalue weighted by atomic mass is 9.95. The summed E-state index contributed by atoms with van der Waals surface area (Å²) in [5, 5.41) is 6.19. The van der Waals surface area contributed by atoms with Crippen LogP contribution in [0.1, 0.15) is 25.3 Å². The van der Waals surface area contributed by atoms with Gasteiger partial charge in [-0.1, -0.05) is 17.7 Å². The van der Waals surface area contributed by atoms with E-state index in [1.54, 1.807) is 0 Å². The Bertz CT molecular complexity index is 425. The van der Waals surface area contributed by atoms with Crippen LogP contribution < -0.4 is 10.6 Å². The van der Waals surface area contributed by atoms with Crippen molar-refractivity contribution in [2.45, 2.75) is 32.7 Å². The summed E-state index contributed by atoms with van der Waals surface area (Å²) in [5.74, 6) is 0.508. The average Bonchev–Trinajstić information content (AvgIpc) is 2.48. The van der Waals surface area contributed by atoms with E-state index < -0.39 is 0 Å². The van der Waals surface area contributed by atoms with Gasteiger partial charge in [0.1, 0.15) is 0 Å². The molecule has 20 heavy (non-hydrogen) atoms. The van der Waals surface area contributed by atoms with E-state index in [1.807, 2.05) is 31.2 Å². The van der Waals surface area contributed by atoms with Crippen LogP contribution in [0.15, 0.2) is 24.3 Å². The normalized spacial score (nSPS) is 20.4. The lowest BCUT2D eigenvalue weighted by Gasteiger charge is -2.28. The first kappa shape index (κ1) is 15.0. The van der Waals surface area contributed by atoms with Gasteiger partial charge in [0, 0.05) is 18.3 Å². The zero-order chi connectivity index (χ0) is 14.4. The standard InChI is InChI=1S/C16H24N2O2/c1-12-5-7-15(8-6-12)18-16(19)10-17-13(2)14-4-3-9-20-11-14/h5-8,13-14,17H,3-4,9-11H2,1-2H3,(H,18,19)/t13-,14+/m0/s1. The molecule has 2 N–H and O–H groups in total. The van der Waals surface area contributed by atoms with Crippen LogP contribution in [0.4, 0.5) is 5.69 Å². The number of nitrogens with one attached hydrogen (secondary N) is 2. The number of amides is 1. The molecule has 1 aromatic carbocycles. The third-order valence-corrected chi connectivity index (χ3v) is 3.82. The van der Waals surface area contributed by atoms with Gasteiger partial charge >= 0.3 is 0 Å². The Balaban J connectivity index is 1.72. The molecule has 1 aliphatic heterocycles. The van der Waals surface area contributed by atoms with Crippen molar-refractivity contribution in [1.29, 1.82) is 0 Å². The maximum atomic E-state index is 11.9. The first-order valence-corrected chi connectivity index (χ1v) is 7.33. The Morgan fingerprint density at radius 3 is 2.80 bits per heavy atom. The molecule has 0 bridgehead atoms. The molecule has 2 atom stereocenters. The van der Waals surface area contributed by atoms with Crippen LogP contribution in [0.2, 0.25) is 0 Å². The zero-order valence-corrected chi connectivity index (χ0v) is 12.3. The van der Waals surface area contributed by atoms with Crippen molar-refractivity contribution in [3.05, 3.63) is 29.8 Å². The van der Waals surface area contributed by atoms with Gasteiger partial charge in [0.15, 0.2) is 0 Å². The topological polar surface area (TPSA) is 50.4 Å². The summed E-state index contributed by atoms with van der Waals surface area (Å²) in [4.78, 5) is 11.9. The smallest absolute Gasteiger partial charge is 0.238 e. The fraction of sp³-hybridized carbons (Fsp3) is 0.562. The average molecular weight is 276 g/mol. The summed E-state index contributed by atoms with van der Waals surface area (Å²) in [5.41, 5.74) is 2.03. The molecule has 0 aromatic heterocycles. The molecule has 110 valence electrons. The third kappa shape index (κ3) is 4.62. The number of hydrogen-bond donors (Lipinski definition) is 2. The van der Waals surface area contributed by atoms with Gasteiger partial charge in [0.2, 0.25) is 5.91 Å². The minimum atomic E-state index is -0.00238. The maximum Gasteiger partial charge on any atom is 0.238 e. The van der Waals surface area contributed by atoms with E-state index in [9.17, 15) is 4.79 Å². The molecule has 0 saturated carbocycles. The van der Waals surface area contributed by atoms with Gasteiger partial charge in [-0.05, 0) is 44.7 Å². The second kappa shape index (κ2) is 7.41. The predicted molar refractivity (Wildman–Crippen MR) is 80.8 cm³/mol. The molecule has 0 radical (unpaired) electrons. The van der Waals surface area contributed by atoms with E-state index >= 15 is 0 Å². The molecule has 0 unspecified atom stereocenters. The van der Waals surface area contributed by atoms with E-state index in [4.69, 9.17) is 4.74 Å². The van der Waals surface area contributed by atoms with Crippen LogP contribution in [0, 0.1) is 12.8 Å². The highest BCUT2D eigenvalue weighted by Crippen LogP contribution is 2.17. The number of aryl methyl sites for hydroxylation is 1. The summed E-state index contributed by atoms with van der Waals surface area (Å²) in [7, 11) is 0. The van der Waals surface area contributed by atoms with Crippen molar-refractivity contribution in [3.8, 4) is 0 Å². The third-order valence-electron chi connectivity index (χ3n) is 3.82. The van der Waals surface area contributed by atoms with E-state index in [-0.39, 0.29) is 5.91 Å². The lowest BCUT2D eigenvalue weighted by molar-refractivity contribution is -0.115. The molecule has 1 saturated heterocycles. The Morgan fingerprint density at radius 2 is 2.15 bits per heavy atom. The Labute approximate surface area is 120 Å². The number of carbonyl (C=O) groups is 1. The summed E-state index contributed by atoms with van der Waals surface area (Å²) >= 11 is 0. The molecular formula is C16H24N2O2. The number of rotatable bonds is 5. The fourth-order valence-corrected chi connectivity index (χ4v) is 2.42. The largest absolute Gasteiger partial charge is 0.381 e. The molecule has 1 aliphatic rings. The van der Waals surface area contributed by atoms with Crippen molar-refractivity contribution in [3.63, 3.8) is 0 Å².